The molecule has 0 radical (unpaired) electrons. The van der Waals surface area contributed by atoms with E-state index in [-0.39, 0.29) is 30.1 Å². The molecule has 2 fully saturated rings. The van der Waals surface area contributed by atoms with Crippen LogP contribution < -0.4 is 10.6 Å². The zero-order valence-corrected chi connectivity index (χ0v) is 16.0. The van der Waals surface area contributed by atoms with Crippen molar-refractivity contribution in [2.75, 3.05) is 0 Å². The fraction of sp³-hybridized carbons (Fsp3) is 0.391. The van der Waals surface area contributed by atoms with Crippen molar-refractivity contribution in [1.29, 1.82) is 0 Å². The van der Waals surface area contributed by atoms with E-state index in [0.717, 1.165) is 37.7 Å². The lowest BCUT2D eigenvalue weighted by Crippen LogP contribution is -2.60. The summed E-state index contributed by atoms with van der Waals surface area (Å²) in [5.41, 5.74) is 1.79. The van der Waals surface area contributed by atoms with Crippen LogP contribution in [-0.2, 0) is 6.54 Å². The molecule has 2 aliphatic rings. The third kappa shape index (κ3) is 4.19. The fourth-order valence-electron chi connectivity index (χ4n) is 4.55. The zero-order chi connectivity index (χ0) is 19.3. The van der Waals surface area contributed by atoms with Gasteiger partial charge in [-0.05, 0) is 49.8 Å². The monoisotopic (exact) mass is 377 g/mol. The second-order valence-corrected chi connectivity index (χ2v) is 7.80. The van der Waals surface area contributed by atoms with Gasteiger partial charge in [0.15, 0.2) is 0 Å². The van der Waals surface area contributed by atoms with E-state index >= 15 is 0 Å². The molecule has 4 rings (SSSR count). The Morgan fingerprint density at radius 1 is 0.893 bits per heavy atom. The van der Waals surface area contributed by atoms with E-state index in [1.807, 2.05) is 65.6 Å². The molecular weight excluding hydrogens is 350 g/mol. The predicted octanol–water partition coefficient (Wildman–Crippen LogP) is 3.71. The van der Waals surface area contributed by atoms with Gasteiger partial charge in [0.25, 0.3) is 5.91 Å². The van der Waals surface area contributed by atoms with Crippen molar-refractivity contribution in [2.45, 2.75) is 56.8 Å². The predicted molar refractivity (Wildman–Crippen MR) is 109 cm³/mol. The molecule has 2 heterocycles. The molecule has 2 bridgehead atoms. The zero-order valence-electron chi connectivity index (χ0n) is 16.0. The van der Waals surface area contributed by atoms with Gasteiger partial charge in [-0.2, -0.15) is 0 Å². The van der Waals surface area contributed by atoms with Crippen LogP contribution in [0.1, 0.15) is 48.0 Å². The lowest BCUT2D eigenvalue weighted by Gasteiger charge is -2.48. The minimum atomic E-state index is -0.0225. The Bertz CT molecular complexity index is 795. The average molecular weight is 377 g/mol. The number of nitrogens with one attached hydrogen (secondary N) is 2. The Kier molecular flexibility index (Phi) is 5.60. The topological polar surface area (TPSA) is 61.4 Å². The number of hydrogen-bond donors (Lipinski definition) is 2. The molecular formula is C23H27N3O2. The summed E-state index contributed by atoms with van der Waals surface area (Å²) < 4.78 is 0. The third-order valence-electron chi connectivity index (χ3n) is 5.87. The maximum Gasteiger partial charge on any atom is 0.318 e. The summed E-state index contributed by atoms with van der Waals surface area (Å²) in [5.74, 6) is -0.0225. The van der Waals surface area contributed by atoms with Crippen LogP contribution in [0.15, 0.2) is 60.7 Å². The van der Waals surface area contributed by atoms with Crippen molar-refractivity contribution in [1.82, 2.24) is 15.5 Å². The highest BCUT2D eigenvalue weighted by Crippen LogP contribution is 2.34. The molecule has 5 nitrogen and oxygen atoms in total. The second-order valence-electron chi connectivity index (χ2n) is 7.80. The number of amides is 3. The van der Waals surface area contributed by atoms with Crippen molar-refractivity contribution in [3.8, 4) is 0 Å². The molecule has 2 aromatic carbocycles. The van der Waals surface area contributed by atoms with Gasteiger partial charge in [-0.15, -0.1) is 0 Å². The summed E-state index contributed by atoms with van der Waals surface area (Å²) in [4.78, 5) is 27.4. The smallest absolute Gasteiger partial charge is 0.318 e. The number of fused-ring (bicyclic) bond motifs is 2. The Balaban J connectivity index is 1.36. The number of benzene rings is 2. The Morgan fingerprint density at radius 3 is 2.14 bits per heavy atom. The van der Waals surface area contributed by atoms with Gasteiger partial charge >= 0.3 is 6.03 Å². The van der Waals surface area contributed by atoms with E-state index in [1.54, 1.807) is 0 Å². The number of hydrogen-bond acceptors (Lipinski definition) is 2. The molecule has 0 aromatic heterocycles. The molecule has 2 aromatic rings. The van der Waals surface area contributed by atoms with Crippen LogP contribution >= 0.6 is 0 Å². The second kappa shape index (κ2) is 8.46. The maximum atomic E-state index is 12.9. The molecule has 3 amide bonds. The van der Waals surface area contributed by atoms with Crippen molar-refractivity contribution in [3.05, 3.63) is 71.8 Å². The van der Waals surface area contributed by atoms with Crippen LogP contribution in [-0.4, -0.2) is 35.0 Å². The molecule has 146 valence electrons. The number of carbonyl (C=O) groups excluding carboxylic acids is 2. The van der Waals surface area contributed by atoms with Crippen LogP contribution in [0.2, 0.25) is 0 Å². The van der Waals surface area contributed by atoms with Gasteiger partial charge < -0.3 is 15.5 Å². The van der Waals surface area contributed by atoms with Crippen molar-refractivity contribution >= 4 is 11.9 Å². The van der Waals surface area contributed by atoms with E-state index in [4.69, 9.17) is 0 Å². The third-order valence-corrected chi connectivity index (χ3v) is 5.87. The van der Waals surface area contributed by atoms with Gasteiger partial charge in [-0.25, -0.2) is 4.79 Å². The molecule has 0 unspecified atom stereocenters. The number of urea groups is 1. The van der Waals surface area contributed by atoms with Crippen molar-refractivity contribution in [3.63, 3.8) is 0 Å². The van der Waals surface area contributed by atoms with Gasteiger partial charge in [-0.3, -0.25) is 4.79 Å². The average Bonchev–Trinajstić information content (AvgIpc) is 2.73. The van der Waals surface area contributed by atoms with Crippen LogP contribution in [0.5, 0.6) is 0 Å². The number of rotatable bonds is 4. The summed E-state index contributed by atoms with van der Waals surface area (Å²) in [6.45, 7) is 0.545. The van der Waals surface area contributed by atoms with Crippen molar-refractivity contribution in [2.24, 2.45) is 0 Å². The first-order chi connectivity index (χ1) is 13.7. The molecule has 28 heavy (non-hydrogen) atoms. The Labute approximate surface area is 166 Å². The van der Waals surface area contributed by atoms with Gasteiger partial charge in [0.1, 0.15) is 0 Å². The summed E-state index contributed by atoms with van der Waals surface area (Å²) >= 11 is 0. The molecule has 2 saturated heterocycles. The molecule has 2 aliphatic heterocycles. The van der Waals surface area contributed by atoms with Crippen LogP contribution in [0.4, 0.5) is 4.79 Å². The minimum Gasteiger partial charge on any atom is -0.349 e. The van der Waals surface area contributed by atoms with Crippen molar-refractivity contribution < 1.29 is 9.59 Å². The Morgan fingerprint density at radius 2 is 1.50 bits per heavy atom. The largest absolute Gasteiger partial charge is 0.349 e. The first-order valence-electron chi connectivity index (χ1n) is 10.2. The van der Waals surface area contributed by atoms with Gasteiger partial charge in [0.05, 0.1) is 0 Å². The highest BCUT2D eigenvalue weighted by molar-refractivity contribution is 5.94. The molecule has 5 heteroatoms. The lowest BCUT2D eigenvalue weighted by molar-refractivity contribution is 0.0522. The first-order valence-corrected chi connectivity index (χ1v) is 10.2. The van der Waals surface area contributed by atoms with E-state index in [1.165, 1.54) is 0 Å². The molecule has 2 atom stereocenters. The minimum absolute atomic E-state index is 0.0198. The quantitative estimate of drug-likeness (QED) is 0.853. The Hall–Kier alpha value is -2.82. The van der Waals surface area contributed by atoms with E-state index in [2.05, 4.69) is 10.6 Å². The number of nitrogens with zero attached hydrogens (tertiary/aromatic N) is 1. The van der Waals surface area contributed by atoms with Gasteiger partial charge in [0, 0.05) is 30.2 Å². The van der Waals surface area contributed by atoms with Gasteiger partial charge in [-0.1, -0.05) is 48.5 Å². The molecule has 2 N–H and O–H groups in total. The maximum absolute atomic E-state index is 12.9. The fourth-order valence-corrected chi connectivity index (χ4v) is 4.55. The summed E-state index contributed by atoms with van der Waals surface area (Å²) in [7, 11) is 0. The SMILES string of the molecule is O=C(NC1C[C@@H]2CCC[C@@H](C1)N2C(=O)NCc1ccccc1)c1ccccc1. The standard InChI is InChI=1S/C23H27N3O2/c27-22(18-10-5-2-6-11-18)25-19-14-20-12-7-13-21(15-19)26(20)23(28)24-16-17-8-3-1-4-9-17/h1-6,8-11,19-21H,7,12-16H2,(H,24,28)(H,25,27)/t20-,21-/m0/s1. The highest BCUT2D eigenvalue weighted by Gasteiger charge is 2.41. The van der Waals surface area contributed by atoms with E-state index in [0.29, 0.717) is 12.1 Å². The molecule has 0 spiro atoms. The lowest BCUT2D eigenvalue weighted by atomic mass is 9.82. The molecule has 0 aliphatic carbocycles. The normalized spacial score (nSPS) is 23.7. The molecule has 0 saturated carbocycles. The highest BCUT2D eigenvalue weighted by atomic mass is 16.2. The van der Waals surface area contributed by atoms with Crippen LogP contribution in [0, 0.1) is 0 Å². The number of piperidine rings is 2. The van der Waals surface area contributed by atoms with E-state index < -0.39 is 0 Å². The van der Waals surface area contributed by atoms with Gasteiger partial charge in [0.2, 0.25) is 0 Å². The number of carbonyl (C=O) groups is 2. The summed E-state index contributed by atoms with van der Waals surface area (Å²) in [6.07, 6.45) is 4.82. The van der Waals surface area contributed by atoms with E-state index in [9.17, 15) is 9.59 Å². The summed E-state index contributed by atoms with van der Waals surface area (Å²) in [6, 6.07) is 19.9. The van der Waals surface area contributed by atoms with Crippen LogP contribution in [0.3, 0.4) is 0 Å². The van der Waals surface area contributed by atoms with Crippen LogP contribution in [0.25, 0.3) is 0 Å². The summed E-state index contributed by atoms with van der Waals surface area (Å²) in [5, 5.41) is 6.26. The first kappa shape index (κ1) is 18.5.